The van der Waals surface area contributed by atoms with E-state index in [0.717, 1.165) is 44.4 Å². The van der Waals surface area contributed by atoms with Crippen molar-refractivity contribution in [3.63, 3.8) is 0 Å². The summed E-state index contributed by atoms with van der Waals surface area (Å²) in [5.74, 6) is -0.0504. The van der Waals surface area contributed by atoms with Gasteiger partial charge in [-0.05, 0) is 36.5 Å². The van der Waals surface area contributed by atoms with Crippen LogP contribution in [0.2, 0.25) is 0 Å². The first-order valence-corrected chi connectivity index (χ1v) is 13.9. The van der Waals surface area contributed by atoms with Crippen LogP contribution in [0.4, 0.5) is 5.82 Å². The highest BCUT2D eigenvalue weighted by Gasteiger charge is 2.26. The van der Waals surface area contributed by atoms with Gasteiger partial charge in [0.05, 0.1) is 23.2 Å². The summed E-state index contributed by atoms with van der Waals surface area (Å²) in [4.78, 5) is 30.8. The predicted octanol–water partition coefficient (Wildman–Crippen LogP) is 3.03. The lowest BCUT2D eigenvalue weighted by Crippen LogP contribution is -2.23. The van der Waals surface area contributed by atoms with E-state index < -0.39 is 23.4 Å². The minimum Gasteiger partial charge on any atom is -0.320 e. The number of carbonyl (C=O) groups excluding carboxylic acids is 1. The first-order valence-electron chi connectivity index (χ1n) is 10.4. The molecule has 1 aliphatic carbocycles. The van der Waals surface area contributed by atoms with Gasteiger partial charge in [0.25, 0.3) is 0 Å². The number of sulfone groups is 1. The number of carbonyl (C=O) groups is 1. The Morgan fingerprint density at radius 3 is 2.41 bits per heavy atom. The van der Waals surface area contributed by atoms with Gasteiger partial charge in [0.2, 0.25) is 5.91 Å². The summed E-state index contributed by atoms with van der Waals surface area (Å²) >= 11 is 0. The van der Waals surface area contributed by atoms with E-state index in [1.807, 2.05) is 0 Å². The lowest BCUT2D eigenvalue weighted by atomic mass is 9.89. The molecule has 1 amide bonds. The molecule has 2 aromatic rings. The summed E-state index contributed by atoms with van der Waals surface area (Å²) in [7, 11) is -6.25. The molecule has 1 unspecified atom stereocenters. The van der Waals surface area contributed by atoms with Crippen LogP contribution in [0.15, 0.2) is 41.6 Å². The standard InChI is InChI=1S/C21H28N3O6PS/c1-30-31(26,27)20-14-22-19(13-23-20)24-21(25)18(12-7-15-5-3-4-6-15)16-8-10-17(11-9-16)32(2,28)29/h8-11,13-15,18H,3-7,12H2,1-2H3,(H,26,27)(H,22,24,25)/t18-/m1/s1. The molecule has 3 rings (SSSR count). The number of aromatic nitrogens is 2. The molecule has 1 aromatic heterocycles. The minimum atomic E-state index is -4.02. The van der Waals surface area contributed by atoms with Gasteiger partial charge in [0.1, 0.15) is 0 Å². The molecule has 9 nitrogen and oxygen atoms in total. The first-order chi connectivity index (χ1) is 15.1. The van der Waals surface area contributed by atoms with Crippen LogP contribution in [0.5, 0.6) is 0 Å². The van der Waals surface area contributed by atoms with Crippen LogP contribution in [0, 0.1) is 5.92 Å². The summed E-state index contributed by atoms with van der Waals surface area (Å²) in [6.07, 6.45) is 9.71. The van der Waals surface area contributed by atoms with Crippen LogP contribution in [-0.2, 0) is 23.7 Å². The summed E-state index contributed by atoms with van der Waals surface area (Å²) in [6, 6.07) is 6.37. The van der Waals surface area contributed by atoms with Gasteiger partial charge in [-0.15, -0.1) is 0 Å². The third-order valence-electron chi connectivity index (χ3n) is 5.79. The third kappa shape index (κ3) is 6.22. The Bertz CT molecular complexity index is 1080. The van der Waals surface area contributed by atoms with Crippen molar-refractivity contribution in [1.82, 2.24) is 9.97 Å². The Morgan fingerprint density at radius 1 is 1.22 bits per heavy atom. The van der Waals surface area contributed by atoms with E-state index in [1.54, 1.807) is 12.1 Å². The van der Waals surface area contributed by atoms with Crippen molar-refractivity contribution < 1.29 is 27.2 Å². The van der Waals surface area contributed by atoms with Gasteiger partial charge in [-0.2, -0.15) is 0 Å². The average molecular weight is 482 g/mol. The fourth-order valence-corrected chi connectivity index (χ4v) is 5.16. The molecule has 1 aromatic carbocycles. The summed E-state index contributed by atoms with van der Waals surface area (Å²) < 4.78 is 39.9. The maximum absolute atomic E-state index is 13.1. The van der Waals surface area contributed by atoms with E-state index in [4.69, 9.17) is 0 Å². The zero-order valence-electron chi connectivity index (χ0n) is 18.1. The average Bonchev–Trinajstić information content (AvgIpc) is 3.27. The molecule has 0 spiro atoms. The summed E-state index contributed by atoms with van der Waals surface area (Å²) in [5.41, 5.74) is 0.504. The largest absolute Gasteiger partial charge is 0.378 e. The van der Waals surface area contributed by atoms with E-state index in [1.165, 1.54) is 31.2 Å². The van der Waals surface area contributed by atoms with Crippen LogP contribution in [0.3, 0.4) is 0 Å². The number of anilines is 1. The van der Waals surface area contributed by atoms with Gasteiger partial charge in [0.15, 0.2) is 21.1 Å². The van der Waals surface area contributed by atoms with E-state index >= 15 is 0 Å². The molecule has 2 atom stereocenters. The number of hydrogen-bond acceptors (Lipinski definition) is 7. The molecule has 0 bridgehead atoms. The van der Waals surface area contributed by atoms with Gasteiger partial charge in [-0.1, -0.05) is 37.8 Å². The maximum Gasteiger partial charge on any atom is 0.378 e. The number of amides is 1. The van der Waals surface area contributed by atoms with E-state index in [9.17, 15) is 22.7 Å². The minimum absolute atomic E-state index is 0.147. The van der Waals surface area contributed by atoms with Crippen LogP contribution < -0.4 is 10.8 Å². The normalized spacial score (nSPS) is 17.6. The Labute approximate surface area is 188 Å². The highest BCUT2D eigenvalue weighted by atomic mass is 32.2. The lowest BCUT2D eigenvalue weighted by molar-refractivity contribution is -0.117. The lowest BCUT2D eigenvalue weighted by Gasteiger charge is -2.19. The zero-order chi connectivity index (χ0) is 23.4. The number of nitrogens with zero attached hydrogens (tertiary/aromatic N) is 2. The van der Waals surface area contributed by atoms with Crippen LogP contribution in [0.1, 0.15) is 50.0 Å². The third-order valence-corrected chi connectivity index (χ3v) is 8.23. The second kappa shape index (κ2) is 10.2. The molecule has 32 heavy (non-hydrogen) atoms. The molecule has 0 saturated heterocycles. The Balaban J connectivity index is 1.78. The second-order valence-electron chi connectivity index (χ2n) is 8.07. The SMILES string of the molecule is COP(=O)(O)c1cnc(NC(=O)[C@H](CCC2CCCC2)c2ccc(S(C)(=O)=O)cc2)cn1. The molecular weight excluding hydrogens is 453 g/mol. The molecular formula is C21H28N3O6PS. The van der Waals surface area contributed by atoms with Gasteiger partial charge < -0.3 is 14.7 Å². The Morgan fingerprint density at radius 2 is 1.88 bits per heavy atom. The van der Waals surface area contributed by atoms with Crippen LogP contribution in [-0.4, -0.2) is 42.6 Å². The van der Waals surface area contributed by atoms with Gasteiger partial charge in [0, 0.05) is 13.4 Å². The van der Waals surface area contributed by atoms with E-state index in [0.29, 0.717) is 12.3 Å². The maximum atomic E-state index is 13.1. The Hall–Kier alpha value is -2.13. The second-order valence-corrected chi connectivity index (χ2v) is 12.0. The molecule has 0 radical (unpaired) electrons. The zero-order valence-corrected chi connectivity index (χ0v) is 19.8. The molecule has 2 N–H and O–H groups in total. The number of hydrogen-bond donors (Lipinski definition) is 2. The smallest absolute Gasteiger partial charge is 0.320 e. The molecule has 0 aliphatic heterocycles. The predicted molar refractivity (Wildman–Crippen MR) is 121 cm³/mol. The van der Waals surface area contributed by atoms with Crippen molar-refractivity contribution in [1.29, 1.82) is 0 Å². The Kier molecular flexibility index (Phi) is 7.82. The van der Waals surface area contributed by atoms with E-state index in [-0.39, 0.29) is 22.1 Å². The quantitative estimate of drug-likeness (QED) is 0.522. The molecule has 1 heterocycles. The van der Waals surface area contributed by atoms with Crippen molar-refractivity contribution in [2.75, 3.05) is 18.7 Å². The van der Waals surface area contributed by atoms with Gasteiger partial charge in [-0.25, -0.2) is 18.4 Å². The first kappa shape index (κ1) is 24.5. The monoisotopic (exact) mass is 481 g/mol. The number of benzene rings is 1. The molecule has 11 heteroatoms. The molecule has 1 aliphatic rings. The molecule has 1 fully saturated rings. The van der Waals surface area contributed by atoms with Crippen molar-refractivity contribution in [3.05, 3.63) is 42.2 Å². The highest BCUT2D eigenvalue weighted by Crippen LogP contribution is 2.38. The van der Waals surface area contributed by atoms with Crippen molar-refractivity contribution in [2.45, 2.75) is 49.3 Å². The van der Waals surface area contributed by atoms with Gasteiger partial charge >= 0.3 is 7.60 Å². The molecule has 174 valence electrons. The summed E-state index contributed by atoms with van der Waals surface area (Å²) in [6.45, 7) is 0. The highest BCUT2D eigenvalue weighted by molar-refractivity contribution is 7.90. The van der Waals surface area contributed by atoms with Crippen LogP contribution >= 0.6 is 7.60 Å². The van der Waals surface area contributed by atoms with Crippen molar-refractivity contribution in [3.8, 4) is 0 Å². The number of rotatable bonds is 9. The topological polar surface area (TPSA) is 136 Å². The molecule has 1 saturated carbocycles. The fourth-order valence-electron chi connectivity index (χ4n) is 3.94. The van der Waals surface area contributed by atoms with Crippen molar-refractivity contribution in [2.24, 2.45) is 5.92 Å². The number of nitrogens with one attached hydrogen (secondary N) is 1. The summed E-state index contributed by atoms with van der Waals surface area (Å²) in [5, 5.41) is 2.71. The fraction of sp³-hybridized carbons (Fsp3) is 0.476. The van der Waals surface area contributed by atoms with Gasteiger partial charge in [-0.3, -0.25) is 9.36 Å². The van der Waals surface area contributed by atoms with Crippen LogP contribution in [0.25, 0.3) is 0 Å². The van der Waals surface area contributed by atoms with E-state index in [2.05, 4.69) is 19.8 Å². The van der Waals surface area contributed by atoms with Crippen molar-refractivity contribution >= 4 is 34.6 Å².